The molecule has 16 heavy (non-hydrogen) atoms. The van der Waals surface area contributed by atoms with E-state index in [1.54, 1.807) is 7.11 Å². The van der Waals surface area contributed by atoms with Crippen LogP contribution in [-0.4, -0.2) is 42.9 Å². The van der Waals surface area contributed by atoms with Crippen LogP contribution in [-0.2, 0) is 4.74 Å². The van der Waals surface area contributed by atoms with Crippen molar-refractivity contribution in [3.8, 4) is 0 Å². The highest BCUT2D eigenvalue weighted by molar-refractivity contribution is 7.18. The lowest BCUT2D eigenvalue weighted by Gasteiger charge is -2.23. The summed E-state index contributed by atoms with van der Waals surface area (Å²) in [6.07, 6.45) is 0. The van der Waals surface area contributed by atoms with E-state index in [2.05, 4.69) is 4.98 Å². The molecule has 0 aliphatic carbocycles. The lowest BCUT2D eigenvalue weighted by molar-refractivity contribution is 0.0702. The van der Waals surface area contributed by atoms with Gasteiger partial charge in [0.25, 0.3) is 0 Å². The van der Waals surface area contributed by atoms with Gasteiger partial charge in [-0.2, -0.15) is 0 Å². The normalized spacial score (nSPS) is 12.5. The number of aromatic nitrogens is 1. The number of hydrogen-bond acceptors (Lipinski definition) is 5. The average Bonchev–Trinajstić information content (AvgIpc) is 2.59. The number of methoxy groups -OCH3 is 1. The molecule has 0 saturated carbocycles. The molecule has 1 aromatic rings. The van der Waals surface area contributed by atoms with E-state index in [1.807, 2.05) is 18.9 Å². The lowest BCUT2D eigenvalue weighted by Crippen LogP contribution is -2.32. The van der Waals surface area contributed by atoms with Crippen LogP contribution in [0.5, 0.6) is 0 Å². The molecule has 0 bridgehead atoms. The molecule has 1 unspecified atom stereocenters. The van der Waals surface area contributed by atoms with E-state index < -0.39 is 5.97 Å². The fourth-order valence-electron chi connectivity index (χ4n) is 1.12. The summed E-state index contributed by atoms with van der Waals surface area (Å²) >= 11 is 6.78. The van der Waals surface area contributed by atoms with Gasteiger partial charge in [-0.05, 0) is 6.92 Å². The van der Waals surface area contributed by atoms with E-state index in [1.165, 1.54) is 0 Å². The first-order valence-electron chi connectivity index (χ1n) is 4.58. The first-order chi connectivity index (χ1) is 7.47. The summed E-state index contributed by atoms with van der Waals surface area (Å²) in [6, 6.07) is 0.105. The third-order valence-corrected chi connectivity index (χ3v) is 3.66. The maximum Gasteiger partial charge on any atom is 0.349 e. The van der Waals surface area contributed by atoms with E-state index >= 15 is 0 Å². The van der Waals surface area contributed by atoms with Crippen LogP contribution in [0.4, 0.5) is 5.13 Å². The fourth-order valence-corrected chi connectivity index (χ4v) is 2.30. The van der Waals surface area contributed by atoms with Crippen LogP contribution in [0.2, 0.25) is 5.15 Å². The molecule has 1 rings (SSSR count). The van der Waals surface area contributed by atoms with Crippen LogP contribution in [0.1, 0.15) is 16.6 Å². The quantitative estimate of drug-likeness (QED) is 0.881. The maximum absolute atomic E-state index is 10.8. The van der Waals surface area contributed by atoms with Gasteiger partial charge in [-0.1, -0.05) is 22.9 Å². The molecule has 0 radical (unpaired) electrons. The smallest absolute Gasteiger partial charge is 0.349 e. The molecule has 0 fully saturated rings. The lowest BCUT2D eigenvalue weighted by atomic mass is 10.3. The van der Waals surface area contributed by atoms with E-state index in [-0.39, 0.29) is 16.1 Å². The Kier molecular flexibility index (Phi) is 4.52. The Morgan fingerprint density at radius 1 is 1.75 bits per heavy atom. The monoisotopic (exact) mass is 264 g/mol. The molecule has 5 nitrogen and oxygen atoms in total. The van der Waals surface area contributed by atoms with Gasteiger partial charge in [0, 0.05) is 14.2 Å². The first-order valence-corrected chi connectivity index (χ1v) is 5.78. The van der Waals surface area contributed by atoms with Crippen LogP contribution in [0.3, 0.4) is 0 Å². The van der Waals surface area contributed by atoms with Crippen molar-refractivity contribution < 1.29 is 14.6 Å². The Bertz CT molecular complexity index is 383. The van der Waals surface area contributed by atoms with Crippen LogP contribution in [0.15, 0.2) is 0 Å². The zero-order valence-electron chi connectivity index (χ0n) is 9.23. The second kappa shape index (κ2) is 5.47. The third-order valence-electron chi connectivity index (χ3n) is 2.14. The molecule has 1 heterocycles. The van der Waals surface area contributed by atoms with Crippen molar-refractivity contribution in [1.29, 1.82) is 0 Å². The number of thiazole rings is 1. The van der Waals surface area contributed by atoms with Crippen LogP contribution in [0.25, 0.3) is 0 Å². The molecule has 0 aromatic carbocycles. The minimum atomic E-state index is -1.05. The molecule has 0 aliphatic rings. The Morgan fingerprint density at radius 3 is 2.81 bits per heavy atom. The Labute approximate surface area is 103 Å². The zero-order valence-corrected chi connectivity index (χ0v) is 10.8. The predicted octanol–water partition coefficient (Wildman–Crippen LogP) is 1.97. The fraction of sp³-hybridized carbons (Fsp3) is 0.556. The summed E-state index contributed by atoms with van der Waals surface area (Å²) in [6.45, 7) is 2.50. The number of carboxylic acids is 1. The molecule has 0 spiro atoms. The van der Waals surface area contributed by atoms with Gasteiger partial charge < -0.3 is 14.7 Å². The number of hydrogen-bond donors (Lipinski definition) is 1. The summed E-state index contributed by atoms with van der Waals surface area (Å²) in [4.78, 5) is 16.7. The van der Waals surface area contributed by atoms with E-state index in [0.717, 1.165) is 11.3 Å². The summed E-state index contributed by atoms with van der Waals surface area (Å²) in [5, 5.41) is 9.45. The highest BCUT2D eigenvalue weighted by atomic mass is 35.5. The molecule has 7 heteroatoms. The molecular weight excluding hydrogens is 252 g/mol. The topological polar surface area (TPSA) is 62.7 Å². The van der Waals surface area contributed by atoms with Gasteiger partial charge in [-0.15, -0.1) is 0 Å². The minimum Gasteiger partial charge on any atom is -0.477 e. The van der Waals surface area contributed by atoms with Gasteiger partial charge in [0.05, 0.1) is 12.6 Å². The van der Waals surface area contributed by atoms with Gasteiger partial charge >= 0.3 is 5.97 Å². The van der Waals surface area contributed by atoms with Gasteiger partial charge in [0.15, 0.2) is 15.2 Å². The SMILES string of the molecule is COCC(C)N(C)c1nc(Cl)c(C(=O)O)s1. The third kappa shape index (κ3) is 2.84. The molecule has 90 valence electrons. The van der Waals surface area contributed by atoms with Crippen molar-refractivity contribution in [2.75, 3.05) is 25.7 Å². The molecular formula is C9H13ClN2O3S. The van der Waals surface area contributed by atoms with Gasteiger partial charge in [0.2, 0.25) is 0 Å². The first kappa shape index (κ1) is 13.2. The molecule has 1 atom stereocenters. The summed E-state index contributed by atoms with van der Waals surface area (Å²) in [7, 11) is 3.44. The molecule has 1 N–H and O–H groups in total. The Balaban J connectivity index is 2.88. The van der Waals surface area contributed by atoms with Crippen LogP contribution in [0, 0.1) is 0 Å². The summed E-state index contributed by atoms with van der Waals surface area (Å²) < 4.78 is 5.02. The van der Waals surface area contributed by atoms with Crippen molar-refractivity contribution in [3.63, 3.8) is 0 Å². The van der Waals surface area contributed by atoms with Crippen molar-refractivity contribution >= 4 is 34.0 Å². The van der Waals surface area contributed by atoms with Crippen molar-refractivity contribution in [3.05, 3.63) is 10.0 Å². The molecule has 1 aromatic heterocycles. The molecule has 0 saturated heterocycles. The van der Waals surface area contributed by atoms with E-state index in [0.29, 0.717) is 11.7 Å². The number of likely N-dealkylation sites (N-methyl/N-ethyl adjacent to an activating group) is 1. The van der Waals surface area contributed by atoms with Gasteiger partial charge in [0.1, 0.15) is 0 Å². The van der Waals surface area contributed by atoms with Gasteiger partial charge in [-0.3, -0.25) is 0 Å². The maximum atomic E-state index is 10.8. The number of aromatic carboxylic acids is 1. The Hall–Kier alpha value is -0.850. The largest absolute Gasteiger partial charge is 0.477 e. The number of carboxylic acid groups (broad SMARTS) is 1. The molecule has 0 amide bonds. The van der Waals surface area contributed by atoms with Crippen molar-refractivity contribution in [2.45, 2.75) is 13.0 Å². The zero-order chi connectivity index (χ0) is 12.3. The van der Waals surface area contributed by atoms with E-state index in [9.17, 15) is 4.79 Å². The minimum absolute atomic E-state index is 0.0315. The summed E-state index contributed by atoms with van der Waals surface area (Å²) in [5.74, 6) is -1.05. The highest BCUT2D eigenvalue weighted by Crippen LogP contribution is 2.29. The van der Waals surface area contributed by atoms with E-state index in [4.69, 9.17) is 21.4 Å². The number of anilines is 1. The van der Waals surface area contributed by atoms with Crippen LogP contribution < -0.4 is 4.90 Å². The Morgan fingerprint density at radius 2 is 2.38 bits per heavy atom. The predicted molar refractivity (Wildman–Crippen MR) is 63.8 cm³/mol. The summed E-state index contributed by atoms with van der Waals surface area (Å²) in [5.41, 5.74) is 0. The van der Waals surface area contributed by atoms with Crippen LogP contribution >= 0.6 is 22.9 Å². The van der Waals surface area contributed by atoms with Crippen molar-refractivity contribution in [2.24, 2.45) is 0 Å². The van der Waals surface area contributed by atoms with Gasteiger partial charge in [-0.25, -0.2) is 9.78 Å². The average molecular weight is 265 g/mol. The standard InChI is InChI=1S/C9H13ClN2O3S/c1-5(4-15-3)12(2)9-11-7(10)6(16-9)8(13)14/h5H,4H2,1-3H3,(H,13,14). The number of nitrogens with zero attached hydrogens (tertiary/aromatic N) is 2. The second-order valence-electron chi connectivity index (χ2n) is 3.34. The number of carbonyl (C=O) groups is 1. The number of halogens is 1. The highest BCUT2D eigenvalue weighted by Gasteiger charge is 2.20. The number of rotatable bonds is 5. The second-order valence-corrected chi connectivity index (χ2v) is 4.67. The van der Waals surface area contributed by atoms with Crippen molar-refractivity contribution in [1.82, 2.24) is 4.98 Å². The number of ether oxygens (including phenoxy) is 1. The molecule has 0 aliphatic heterocycles.